The van der Waals surface area contributed by atoms with Crippen molar-refractivity contribution in [3.05, 3.63) is 10.9 Å². The van der Waals surface area contributed by atoms with E-state index in [1.54, 1.807) is 11.3 Å². The molecule has 0 saturated carbocycles. The van der Waals surface area contributed by atoms with Crippen LogP contribution < -0.4 is 11.1 Å². The van der Waals surface area contributed by atoms with Gasteiger partial charge in [0.2, 0.25) is 5.95 Å². The lowest BCUT2D eigenvalue weighted by molar-refractivity contribution is 0.345. The summed E-state index contributed by atoms with van der Waals surface area (Å²) in [6.45, 7) is 8.79. The topological polar surface area (TPSA) is 67.1 Å². The number of fused-ring (bicyclic) bond motifs is 1. The number of anilines is 2. The van der Waals surface area contributed by atoms with Gasteiger partial charge in [0, 0.05) is 18.0 Å². The summed E-state index contributed by atoms with van der Waals surface area (Å²) in [5.41, 5.74) is 5.80. The molecule has 2 aromatic rings. The van der Waals surface area contributed by atoms with Gasteiger partial charge in [0.15, 0.2) is 0 Å². The molecule has 5 nitrogen and oxygen atoms in total. The van der Waals surface area contributed by atoms with Crippen molar-refractivity contribution in [2.45, 2.75) is 20.3 Å². The number of likely N-dealkylation sites (tertiary alicyclic amines) is 1. The molecule has 108 valence electrons. The predicted molar refractivity (Wildman–Crippen MR) is 85.3 cm³/mol. The fourth-order valence-corrected chi connectivity index (χ4v) is 3.69. The molecule has 3 heterocycles. The van der Waals surface area contributed by atoms with E-state index >= 15 is 0 Å². The fraction of sp³-hybridized carbons (Fsp3) is 0.571. The monoisotopic (exact) mass is 291 g/mol. The lowest BCUT2D eigenvalue weighted by Crippen LogP contribution is -2.22. The van der Waals surface area contributed by atoms with Gasteiger partial charge in [-0.3, -0.25) is 0 Å². The highest BCUT2D eigenvalue weighted by molar-refractivity contribution is 7.18. The number of aromatic nitrogens is 2. The zero-order chi connectivity index (χ0) is 14.1. The van der Waals surface area contributed by atoms with Crippen molar-refractivity contribution < 1.29 is 0 Å². The molecule has 0 spiro atoms. The molecular formula is C14H21N5S. The molecular weight excluding hydrogens is 270 g/mol. The van der Waals surface area contributed by atoms with Crippen molar-refractivity contribution in [2.24, 2.45) is 5.92 Å². The van der Waals surface area contributed by atoms with Gasteiger partial charge in [0.25, 0.3) is 0 Å². The average molecular weight is 291 g/mol. The van der Waals surface area contributed by atoms with Crippen LogP contribution in [0.4, 0.5) is 11.8 Å². The van der Waals surface area contributed by atoms with Crippen LogP contribution in [0.1, 0.15) is 18.2 Å². The average Bonchev–Trinajstić information content (AvgIpc) is 3.01. The molecule has 1 aliphatic rings. The molecule has 0 aliphatic carbocycles. The molecule has 1 atom stereocenters. The van der Waals surface area contributed by atoms with Crippen molar-refractivity contribution in [1.29, 1.82) is 0 Å². The van der Waals surface area contributed by atoms with Crippen molar-refractivity contribution in [3.63, 3.8) is 0 Å². The summed E-state index contributed by atoms with van der Waals surface area (Å²) in [6.07, 6.45) is 1.26. The van der Waals surface area contributed by atoms with Crippen LogP contribution in [0.5, 0.6) is 0 Å². The number of aryl methyl sites for hydroxylation is 1. The molecule has 1 saturated heterocycles. The second kappa shape index (κ2) is 5.54. The minimum atomic E-state index is 0.350. The van der Waals surface area contributed by atoms with Gasteiger partial charge in [-0.2, -0.15) is 4.98 Å². The second-order valence-corrected chi connectivity index (χ2v) is 6.67. The Balaban J connectivity index is 1.74. The van der Waals surface area contributed by atoms with Crippen LogP contribution in [0.15, 0.2) is 6.07 Å². The van der Waals surface area contributed by atoms with Crippen LogP contribution in [0.3, 0.4) is 0 Å². The highest BCUT2D eigenvalue weighted by Crippen LogP contribution is 2.29. The summed E-state index contributed by atoms with van der Waals surface area (Å²) in [7, 11) is 0. The van der Waals surface area contributed by atoms with Crippen LogP contribution in [0.25, 0.3) is 10.2 Å². The number of nitrogens with one attached hydrogen (secondary N) is 1. The molecule has 6 heteroatoms. The van der Waals surface area contributed by atoms with Gasteiger partial charge < -0.3 is 16.0 Å². The summed E-state index contributed by atoms with van der Waals surface area (Å²) >= 11 is 1.66. The van der Waals surface area contributed by atoms with E-state index in [4.69, 9.17) is 5.73 Å². The first kappa shape index (κ1) is 13.6. The van der Waals surface area contributed by atoms with E-state index in [9.17, 15) is 0 Å². The SMILES string of the molecule is CCN1CCC(CNc2nc(N)nc3sc(C)cc23)C1. The normalized spacial score (nSPS) is 19.8. The van der Waals surface area contributed by atoms with Crippen molar-refractivity contribution >= 4 is 33.3 Å². The Bertz CT molecular complexity index is 609. The van der Waals surface area contributed by atoms with E-state index in [1.165, 1.54) is 24.4 Å². The Morgan fingerprint density at radius 3 is 3.10 bits per heavy atom. The quantitative estimate of drug-likeness (QED) is 0.905. The number of nitrogens with zero attached hydrogens (tertiary/aromatic N) is 3. The van der Waals surface area contributed by atoms with E-state index in [0.717, 1.165) is 29.1 Å². The largest absolute Gasteiger partial charge is 0.369 e. The molecule has 3 rings (SSSR count). The maximum Gasteiger partial charge on any atom is 0.223 e. The Hall–Kier alpha value is -1.40. The number of hydrogen-bond donors (Lipinski definition) is 2. The number of hydrogen-bond acceptors (Lipinski definition) is 6. The summed E-state index contributed by atoms with van der Waals surface area (Å²) in [5, 5.41) is 4.57. The van der Waals surface area contributed by atoms with E-state index in [0.29, 0.717) is 11.9 Å². The van der Waals surface area contributed by atoms with Crippen LogP contribution in [-0.2, 0) is 0 Å². The van der Waals surface area contributed by atoms with Gasteiger partial charge in [-0.15, -0.1) is 11.3 Å². The zero-order valence-corrected chi connectivity index (χ0v) is 12.8. The zero-order valence-electron chi connectivity index (χ0n) is 12.0. The molecule has 0 bridgehead atoms. The molecule has 0 aromatic carbocycles. The van der Waals surface area contributed by atoms with Crippen LogP contribution in [0, 0.1) is 12.8 Å². The molecule has 1 unspecified atom stereocenters. The van der Waals surface area contributed by atoms with Gasteiger partial charge in [-0.1, -0.05) is 6.92 Å². The second-order valence-electron chi connectivity index (χ2n) is 5.44. The minimum Gasteiger partial charge on any atom is -0.369 e. The van der Waals surface area contributed by atoms with Crippen LogP contribution in [-0.4, -0.2) is 41.0 Å². The van der Waals surface area contributed by atoms with Crippen molar-refractivity contribution in [1.82, 2.24) is 14.9 Å². The first-order valence-corrected chi connectivity index (χ1v) is 7.97. The Morgan fingerprint density at radius 1 is 1.50 bits per heavy atom. The summed E-state index contributed by atoms with van der Waals surface area (Å²) in [5.74, 6) is 1.93. The van der Waals surface area contributed by atoms with E-state index in [-0.39, 0.29) is 0 Å². The van der Waals surface area contributed by atoms with Crippen LogP contribution in [0.2, 0.25) is 0 Å². The summed E-state index contributed by atoms with van der Waals surface area (Å²) < 4.78 is 0. The van der Waals surface area contributed by atoms with Gasteiger partial charge >= 0.3 is 0 Å². The van der Waals surface area contributed by atoms with Gasteiger partial charge in [-0.05, 0) is 38.4 Å². The highest BCUT2D eigenvalue weighted by Gasteiger charge is 2.21. The lowest BCUT2D eigenvalue weighted by atomic mass is 10.1. The fourth-order valence-electron chi connectivity index (χ4n) is 2.80. The Morgan fingerprint density at radius 2 is 2.35 bits per heavy atom. The standard InChI is InChI=1S/C14H21N5S/c1-3-19-5-4-10(8-19)7-16-12-11-6-9(2)20-13(11)18-14(15)17-12/h6,10H,3-5,7-8H2,1-2H3,(H3,15,16,17,18). The van der Waals surface area contributed by atoms with E-state index in [1.807, 2.05) is 0 Å². The van der Waals surface area contributed by atoms with E-state index < -0.39 is 0 Å². The predicted octanol–water partition coefficient (Wildman–Crippen LogP) is 2.34. The molecule has 2 aromatic heterocycles. The van der Waals surface area contributed by atoms with Gasteiger partial charge in [-0.25, -0.2) is 4.98 Å². The smallest absolute Gasteiger partial charge is 0.223 e. The first-order valence-electron chi connectivity index (χ1n) is 7.15. The van der Waals surface area contributed by atoms with Crippen LogP contribution >= 0.6 is 11.3 Å². The molecule has 3 N–H and O–H groups in total. The molecule has 20 heavy (non-hydrogen) atoms. The molecule has 0 amide bonds. The molecule has 1 fully saturated rings. The third-order valence-corrected chi connectivity index (χ3v) is 4.85. The Kier molecular flexibility index (Phi) is 3.76. The molecule has 0 radical (unpaired) electrons. The van der Waals surface area contributed by atoms with E-state index in [2.05, 4.69) is 40.1 Å². The third-order valence-electron chi connectivity index (χ3n) is 3.91. The molecule has 1 aliphatic heterocycles. The van der Waals surface area contributed by atoms with Crippen molar-refractivity contribution in [2.75, 3.05) is 37.2 Å². The van der Waals surface area contributed by atoms with Crippen molar-refractivity contribution in [3.8, 4) is 0 Å². The maximum atomic E-state index is 5.80. The number of nitrogen functional groups attached to an aromatic ring is 1. The third kappa shape index (κ3) is 2.71. The Labute approximate surface area is 123 Å². The lowest BCUT2D eigenvalue weighted by Gasteiger charge is -2.14. The first-order chi connectivity index (χ1) is 9.65. The summed E-state index contributed by atoms with van der Waals surface area (Å²) in [6, 6.07) is 2.13. The minimum absolute atomic E-state index is 0.350. The number of nitrogens with two attached hydrogens (primary N) is 1. The summed E-state index contributed by atoms with van der Waals surface area (Å²) in [4.78, 5) is 13.4. The van der Waals surface area contributed by atoms with Gasteiger partial charge in [0.05, 0.1) is 5.39 Å². The number of thiophene rings is 1. The highest BCUT2D eigenvalue weighted by atomic mass is 32.1. The van der Waals surface area contributed by atoms with Gasteiger partial charge in [0.1, 0.15) is 10.6 Å². The maximum absolute atomic E-state index is 5.80. The number of rotatable bonds is 4.